The lowest BCUT2D eigenvalue weighted by Gasteiger charge is -2.05. The van der Waals surface area contributed by atoms with Crippen LogP contribution in [0.2, 0.25) is 0 Å². The Bertz CT molecular complexity index is 531. The van der Waals surface area contributed by atoms with Gasteiger partial charge in [-0.25, -0.2) is 4.39 Å². The van der Waals surface area contributed by atoms with Crippen LogP contribution in [0.4, 0.5) is 10.1 Å². The molecule has 0 amide bonds. The molecule has 1 heterocycles. The number of nitrogen functional groups attached to an aromatic ring is 1. The molecule has 0 saturated heterocycles. The molecular weight excluding hydrogens is 221 g/mol. The third-order valence-electron chi connectivity index (χ3n) is 2.36. The van der Waals surface area contributed by atoms with E-state index >= 15 is 0 Å². The van der Waals surface area contributed by atoms with Gasteiger partial charge >= 0.3 is 0 Å². The number of ether oxygens (including phenoxy) is 1. The van der Waals surface area contributed by atoms with Gasteiger partial charge in [-0.15, -0.1) is 5.10 Å². The lowest BCUT2D eigenvalue weighted by atomic mass is 10.1. The fourth-order valence-corrected chi connectivity index (χ4v) is 1.52. The number of halogens is 1. The van der Waals surface area contributed by atoms with Crippen molar-refractivity contribution in [3.05, 3.63) is 47.4 Å². The minimum Gasteiger partial charge on any atom is -0.478 e. The Morgan fingerprint density at radius 1 is 1.29 bits per heavy atom. The van der Waals surface area contributed by atoms with Crippen LogP contribution in [0.5, 0.6) is 5.88 Å². The number of aromatic nitrogens is 2. The minimum absolute atomic E-state index is 0.260. The van der Waals surface area contributed by atoms with Crippen molar-refractivity contribution in [2.24, 2.45) is 0 Å². The Morgan fingerprint density at radius 3 is 2.71 bits per heavy atom. The van der Waals surface area contributed by atoms with Gasteiger partial charge in [0.15, 0.2) is 0 Å². The smallest absolute Gasteiger partial charge is 0.256 e. The van der Waals surface area contributed by atoms with Gasteiger partial charge in [0.05, 0.1) is 18.5 Å². The number of hydrogen-bond donors (Lipinski definition) is 1. The summed E-state index contributed by atoms with van der Waals surface area (Å²) in [7, 11) is 1.47. The highest BCUT2D eigenvalue weighted by molar-refractivity contribution is 5.48. The van der Waals surface area contributed by atoms with Crippen LogP contribution in [0.3, 0.4) is 0 Å². The first-order valence-corrected chi connectivity index (χ1v) is 5.10. The second kappa shape index (κ2) is 4.78. The molecule has 2 N–H and O–H groups in total. The average molecular weight is 233 g/mol. The maximum absolute atomic E-state index is 13.4. The fourth-order valence-electron chi connectivity index (χ4n) is 1.52. The minimum atomic E-state index is -0.260. The van der Waals surface area contributed by atoms with Gasteiger partial charge in [0.1, 0.15) is 5.82 Å². The van der Waals surface area contributed by atoms with Gasteiger partial charge in [0.25, 0.3) is 5.88 Å². The van der Waals surface area contributed by atoms with Crippen molar-refractivity contribution < 1.29 is 9.13 Å². The molecule has 0 radical (unpaired) electrons. The normalized spacial score (nSPS) is 10.2. The highest BCUT2D eigenvalue weighted by atomic mass is 19.1. The molecule has 5 heteroatoms. The number of methoxy groups -OCH3 is 1. The van der Waals surface area contributed by atoms with Crippen molar-refractivity contribution in [1.29, 1.82) is 0 Å². The van der Waals surface area contributed by atoms with E-state index in [0.29, 0.717) is 23.4 Å². The van der Waals surface area contributed by atoms with Gasteiger partial charge in [-0.3, -0.25) is 0 Å². The van der Waals surface area contributed by atoms with Crippen molar-refractivity contribution in [1.82, 2.24) is 10.2 Å². The maximum atomic E-state index is 13.4. The van der Waals surface area contributed by atoms with E-state index in [1.807, 2.05) is 0 Å². The lowest BCUT2D eigenvalue weighted by Crippen LogP contribution is -2.02. The molecule has 0 saturated carbocycles. The molecule has 0 fully saturated rings. The quantitative estimate of drug-likeness (QED) is 0.878. The van der Waals surface area contributed by atoms with E-state index in [4.69, 9.17) is 10.5 Å². The largest absolute Gasteiger partial charge is 0.478 e. The molecule has 0 atom stereocenters. The summed E-state index contributed by atoms with van der Waals surface area (Å²) < 4.78 is 18.3. The van der Waals surface area contributed by atoms with Crippen molar-refractivity contribution in [2.45, 2.75) is 6.42 Å². The van der Waals surface area contributed by atoms with Crippen molar-refractivity contribution in [3.8, 4) is 5.88 Å². The maximum Gasteiger partial charge on any atom is 0.256 e. The Labute approximate surface area is 98.2 Å². The zero-order valence-electron chi connectivity index (χ0n) is 9.35. The highest BCUT2D eigenvalue weighted by Crippen LogP contribution is 2.18. The summed E-state index contributed by atoms with van der Waals surface area (Å²) in [5, 5.41) is 7.73. The summed E-state index contributed by atoms with van der Waals surface area (Å²) in [5.74, 6) is 0.0194. The van der Waals surface area contributed by atoms with Crippen LogP contribution in [-0.2, 0) is 6.42 Å². The predicted molar refractivity (Wildman–Crippen MR) is 62.2 cm³/mol. The van der Waals surface area contributed by atoms with Crippen LogP contribution in [0.1, 0.15) is 11.3 Å². The molecule has 2 rings (SSSR count). The lowest BCUT2D eigenvalue weighted by molar-refractivity contribution is 0.393. The monoisotopic (exact) mass is 233 g/mol. The van der Waals surface area contributed by atoms with E-state index in [0.717, 1.165) is 0 Å². The van der Waals surface area contributed by atoms with E-state index in [1.54, 1.807) is 24.3 Å². The van der Waals surface area contributed by atoms with Crippen molar-refractivity contribution >= 4 is 5.69 Å². The summed E-state index contributed by atoms with van der Waals surface area (Å²) in [6.45, 7) is 0. The second-order valence-electron chi connectivity index (χ2n) is 3.57. The molecule has 0 bridgehead atoms. The molecule has 0 aliphatic carbocycles. The first kappa shape index (κ1) is 11.3. The number of nitrogens with zero attached hydrogens (tertiary/aromatic N) is 2. The van der Waals surface area contributed by atoms with Crippen LogP contribution in [0.25, 0.3) is 0 Å². The Morgan fingerprint density at radius 2 is 2.06 bits per heavy atom. The Hall–Kier alpha value is -2.17. The van der Waals surface area contributed by atoms with Crippen LogP contribution < -0.4 is 10.5 Å². The number of nitrogens with two attached hydrogens (primary N) is 1. The van der Waals surface area contributed by atoms with Crippen LogP contribution in [0, 0.1) is 5.82 Å². The predicted octanol–water partition coefficient (Wildman–Crippen LogP) is 1.80. The van der Waals surface area contributed by atoms with Crippen LogP contribution in [-0.4, -0.2) is 17.3 Å². The average Bonchev–Trinajstić information content (AvgIpc) is 2.32. The van der Waals surface area contributed by atoms with Gasteiger partial charge in [0, 0.05) is 6.42 Å². The molecule has 0 aliphatic rings. The number of rotatable bonds is 3. The van der Waals surface area contributed by atoms with Gasteiger partial charge in [0.2, 0.25) is 0 Å². The third kappa shape index (κ3) is 2.50. The van der Waals surface area contributed by atoms with Gasteiger partial charge in [-0.2, -0.15) is 5.10 Å². The SMILES string of the molecule is COc1nnc(Cc2ccccc2F)cc1N. The molecule has 0 spiro atoms. The summed E-state index contributed by atoms with van der Waals surface area (Å²) in [6.07, 6.45) is 0.355. The van der Waals surface area contributed by atoms with Gasteiger partial charge < -0.3 is 10.5 Å². The molecule has 0 unspecified atom stereocenters. The molecule has 17 heavy (non-hydrogen) atoms. The summed E-state index contributed by atoms with van der Waals surface area (Å²) >= 11 is 0. The van der Waals surface area contributed by atoms with E-state index < -0.39 is 0 Å². The van der Waals surface area contributed by atoms with E-state index in [2.05, 4.69) is 10.2 Å². The number of anilines is 1. The Balaban J connectivity index is 2.25. The molecule has 4 nitrogen and oxygen atoms in total. The summed E-state index contributed by atoms with van der Waals surface area (Å²) in [6, 6.07) is 8.18. The van der Waals surface area contributed by atoms with Crippen LogP contribution >= 0.6 is 0 Å². The molecule has 88 valence electrons. The van der Waals surface area contributed by atoms with Crippen molar-refractivity contribution in [3.63, 3.8) is 0 Å². The zero-order chi connectivity index (χ0) is 12.3. The van der Waals surface area contributed by atoms with Crippen LogP contribution in [0.15, 0.2) is 30.3 Å². The zero-order valence-corrected chi connectivity index (χ0v) is 9.35. The number of hydrogen-bond acceptors (Lipinski definition) is 4. The molecule has 1 aromatic heterocycles. The summed E-state index contributed by atoms with van der Waals surface area (Å²) in [5.41, 5.74) is 7.27. The van der Waals surface area contributed by atoms with E-state index in [9.17, 15) is 4.39 Å². The standard InChI is InChI=1S/C12H12FN3O/c1-17-12-11(14)7-9(15-16-12)6-8-4-2-3-5-10(8)13/h2-5,7H,6H2,1H3,(H2,14,15). The molecule has 1 aromatic carbocycles. The summed E-state index contributed by atoms with van der Waals surface area (Å²) in [4.78, 5) is 0. The topological polar surface area (TPSA) is 61.0 Å². The number of benzene rings is 1. The van der Waals surface area contributed by atoms with Gasteiger partial charge in [-0.05, 0) is 17.7 Å². The highest BCUT2D eigenvalue weighted by Gasteiger charge is 2.07. The van der Waals surface area contributed by atoms with Crippen molar-refractivity contribution in [2.75, 3.05) is 12.8 Å². The first-order valence-electron chi connectivity index (χ1n) is 5.10. The second-order valence-corrected chi connectivity index (χ2v) is 3.57. The Kier molecular flexibility index (Phi) is 3.18. The first-order chi connectivity index (χ1) is 8.20. The fraction of sp³-hybridized carbons (Fsp3) is 0.167. The third-order valence-corrected chi connectivity index (χ3v) is 2.36. The molecular formula is C12H12FN3O. The molecule has 2 aromatic rings. The van der Waals surface area contributed by atoms with Gasteiger partial charge in [-0.1, -0.05) is 18.2 Å². The van der Waals surface area contributed by atoms with E-state index in [1.165, 1.54) is 13.2 Å². The molecule has 0 aliphatic heterocycles. The van der Waals surface area contributed by atoms with E-state index in [-0.39, 0.29) is 11.7 Å².